The number of aromatic nitrogens is 1. The van der Waals surface area contributed by atoms with Crippen molar-refractivity contribution in [2.75, 3.05) is 18.9 Å². The molecule has 2 heterocycles. The molecular weight excluding hydrogens is 452 g/mol. The topological polar surface area (TPSA) is 254 Å². The lowest BCUT2D eigenvalue weighted by atomic mass is 9.99. The Labute approximate surface area is 171 Å². The van der Waals surface area contributed by atoms with Crippen molar-refractivity contribution >= 4 is 56.4 Å². The van der Waals surface area contributed by atoms with Gasteiger partial charge in [0.25, 0.3) is 11.8 Å². The highest BCUT2D eigenvalue weighted by atomic mass is 32.2. The summed E-state index contributed by atoms with van der Waals surface area (Å²) in [6, 6.07) is -3.08. The number of carbonyl (C=O) groups is 4. The van der Waals surface area contributed by atoms with Crippen LogP contribution in [0.5, 0.6) is 0 Å². The summed E-state index contributed by atoms with van der Waals surface area (Å²) in [5.41, 5.74) is 9.58. The molecule has 1 unspecified atom stereocenters. The Morgan fingerprint density at radius 2 is 2.07 bits per heavy atom. The van der Waals surface area contributed by atoms with Crippen LogP contribution >= 0.6 is 11.3 Å². The summed E-state index contributed by atoms with van der Waals surface area (Å²) in [6.07, 6.45) is -1.29. The van der Waals surface area contributed by atoms with Crippen LogP contribution in [0.4, 0.5) is 9.93 Å². The molecule has 2 atom stereocenters. The van der Waals surface area contributed by atoms with Gasteiger partial charge in [0.1, 0.15) is 24.4 Å². The molecule has 1 aliphatic rings. The Balaban J connectivity index is 2.24. The second-order valence-corrected chi connectivity index (χ2v) is 7.62. The number of nitrogens with one attached hydrogen (secondary N) is 1. The predicted molar refractivity (Wildman–Crippen MR) is 96.3 cm³/mol. The maximum absolute atomic E-state index is 12.6. The first-order valence-corrected chi connectivity index (χ1v) is 9.86. The maximum Gasteiger partial charge on any atom is 0.404 e. The van der Waals surface area contributed by atoms with E-state index in [4.69, 9.17) is 21.1 Å². The molecule has 164 valence electrons. The number of amides is 3. The summed E-state index contributed by atoms with van der Waals surface area (Å²) in [5.74, 6) is -3.76. The fourth-order valence-corrected chi connectivity index (χ4v) is 3.67. The Morgan fingerprint density at radius 3 is 2.57 bits per heavy atom. The van der Waals surface area contributed by atoms with Gasteiger partial charge in [-0.3, -0.25) is 14.1 Å². The molecule has 1 saturated heterocycles. The summed E-state index contributed by atoms with van der Waals surface area (Å²) in [6.45, 7) is -1.66. The van der Waals surface area contributed by atoms with Gasteiger partial charge in [0.2, 0.25) is 6.61 Å². The van der Waals surface area contributed by atoms with Gasteiger partial charge in [0, 0.05) is 5.38 Å². The second-order valence-electron chi connectivity index (χ2n) is 5.44. The normalized spacial score (nSPS) is 19.0. The van der Waals surface area contributed by atoms with Crippen LogP contribution in [0, 0.1) is 0 Å². The third kappa shape index (κ3) is 5.30. The Bertz CT molecular complexity index is 1000. The molecule has 2 rings (SSSR count). The fourth-order valence-electron chi connectivity index (χ4n) is 2.26. The number of aliphatic carboxylic acids is 1. The molecular formula is C12H14N6O10S2. The molecule has 1 fully saturated rings. The van der Waals surface area contributed by atoms with Crippen LogP contribution in [0.3, 0.4) is 0 Å². The highest BCUT2D eigenvalue weighted by Crippen LogP contribution is 2.24. The largest absolute Gasteiger partial charge is 0.479 e. The van der Waals surface area contributed by atoms with Crippen molar-refractivity contribution in [3.05, 3.63) is 11.1 Å². The number of carbonyl (C=O) groups excluding carboxylic acids is 3. The van der Waals surface area contributed by atoms with Crippen molar-refractivity contribution in [2.24, 2.45) is 10.9 Å². The van der Waals surface area contributed by atoms with Crippen LogP contribution in [-0.4, -0.2) is 82.3 Å². The lowest BCUT2D eigenvalue weighted by Crippen LogP contribution is -2.73. The smallest absolute Gasteiger partial charge is 0.404 e. The highest BCUT2D eigenvalue weighted by molar-refractivity contribution is 7.84. The van der Waals surface area contributed by atoms with Gasteiger partial charge in [0.05, 0.1) is 0 Å². The second kappa shape index (κ2) is 8.88. The first-order valence-electron chi connectivity index (χ1n) is 7.58. The molecule has 0 radical (unpaired) electrons. The lowest BCUT2D eigenvalue weighted by Gasteiger charge is -2.43. The number of nitrogens with zero attached hydrogens (tertiary/aromatic N) is 3. The van der Waals surface area contributed by atoms with E-state index < -0.39 is 65.2 Å². The van der Waals surface area contributed by atoms with Gasteiger partial charge in [-0.05, 0) is 0 Å². The summed E-state index contributed by atoms with van der Waals surface area (Å²) >= 11 is 0.920. The summed E-state index contributed by atoms with van der Waals surface area (Å²) in [5, 5.41) is 15.4. The van der Waals surface area contributed by atoms with E-state index in [1.807, 2.05) is 0 Å². The number of thiazole rings is 1. The number of hydrogen-bond donors (Lipinski definition) is 5. The van der Waals surface area contributed by atoms with Crippen molar-refractivity contribution in [3.63, 3.8) is 0 Å². The number of carboxylic acid groups (broad SMARTS) is 1. The highest BCUT2D eigenvalue weighted by Gasteiger charge is 2.54. The molecule has 3 amide bonds. The van der Waals surface area contributed by atoms with E-state index >= 15 is 0 Å². The minimum absolute atomic E-state index is 0.0144. The number of nitrogen functional groups attached to an aromatic ring is 1. The number of oxime groups is 1. The van der Waals surface area contributed by atoms with Gasteiger partial charge in [0.15, 0.2) is 10.8 Å². The van der Waals surface area contributed by atoms with Crippen molar-refractivity contribution in [2.45, 2.75) is 12.1 Å². The average Bonchev–Trinajstić information content (AvgIpc) is 3.04. The van der Waals surface area contributed by atoms with Crippen molar-refractivity contribution in [3.8, 4) is 0 Å². The molecule has 0 aromatic carbocycles. The SMILES string of the molecule is NC(=O)OCC1[C@H](NC(=O)/C(=N\OCC(=O)O)c2csc(N)n2)C(=O)N1S(=O)(=O)O. The standard InChI is InChI=1S/C12H14N6O10S2/c13-11-15-4(3-29-11)7(17-28-2-6(19)20)9(21)16-8-5(1-27-12(14)23)18(10(8)22)30(24,25)26/h3,5,8H,1-2H2,(H2,13,15)(H2,14,23)(H,16,21)(H,19,20)(H,24,25,26)/b17-7-/t5?,8-/m0/s1. The molecule has 0 spiro atoms. The van der Waals surface area contributed by atoms with Crippen molar-refractivity contribution < 1.29 is 46.8 Å². The molecule has 1 aliphatic heterocycles. The summed E-state index contributed by atoms with van der Waals surface area (Å²) in [7, 11) is -5.02. The monoisotopic (exact) mass is 466 g/mol. The third-order valence-electron chi connectivity index (χ3n) is 3.42. The van der Waals surface area contributed by atoms with Crippen LogP contribution in [0.25, 0.3) is 0 Å². The molecule has 1 aromatic heterocycles. The van der Waals surface area contributed by atoms with E-state index in [0.717, 1.165) is 11.3 Å². The number of hydrogen-bond acceptors (Lipinski definition) is 12. The first kappa shape index (κ1) is 22.8. The number of β-lactam (4-membered cyclic amide) rings is 1. The van der Waals surface area contributed by atoms with Gasteiger partial charge in [-0.2, -0.15) is 8.42 Å². The minimum Gasteiger partial charge on any atom is -0.479 e. The minimum atomic E-state index is -5.02. The predicted octanol–water partition coefficient (Wildman–Crippen LogP) is -2.88. The molecule has 0 bridgehead atoms. The molecule has 1 aromatic rings. The van der Waals surface area contributed by atoms with E-state index in [1.54, 1.807) is 0 Å². The fraction of sp³-hybridized carbons (Fsp3) is 0.333. The Kier molecular flexibility index (Phi) is 6.74. The van der Waals surface area contributed by atoms with E-state index in [2.05, 4.69) is 25.0 Å². The number of carboxylic acids is 1. The molecule has 30 heavy (non-hydrogen) atoms. The van der Waals surface area contributed by atoms with Crippen LogP contribution in [0.15, 0.2) is 10.5 Å². The van der Waals surface area contributed by atoms with Crippen LogP contribution in [0.1, 0.15) is 5.69 Å². The van der Waals surface area contributed by atoms with Gasteiger partial charge in [-0.25, -0.2) is 18.9 Å². The molecule has 18 heteroatoms. The number of nitrogens with two attached hydrogens (primary N) is 2. The zero-order valence-electron chi connectivity index (χ0n) is 14.6. The molecule has 16 nitrogen and oxygen atoms in total. The molecule has 0 saturated carbocycles. The zero-order chi connectivity index (χ0) is 22.6. The van der Waals surface area contributed by atoms with Crippen molar-refractivity contribution in [1.82, 2.24) is 14.6 Å². The van der Waals surface area contributed by atoms with Gasteiger partial charge in [-0.15, -0.1) is 11.3 Å². The zero-order valence-corrected chi connectivity index (χ0v) is 16.3. The van der Waals surface area contributed by atoms with Crippen LogP contribution < -0.4 is 16.8 Å². The lowest BCUT2D eigenvalue weighted by molar-refractivity contribution is -0.146. The van der Waals surface area contributed by atoms with E-state index in [9.17, 15) is 27.6 Å². The first-order chi connectivity index (χ1) is 13.9. The van der Waals surface area contributed by atoms with E-state index in [1.165, 1.54) is 5.38 Å². The van der Waals surface area contributed by atoms with Crippen LogP contribution in [-0.2, 0) is 34.3 Å². The van der Waals surface area contributed by atoms with Gasteiger partial charge < -0.3 is 31.5 Å². The van der Waals surface area contributed by atoms with Crippen molar-refractivity contribution in [1.29, 1.82) is 0 Å². The maximum atomic E-state index is 12.6. The molecule has 0 aliphatic carbocycles. The number of rotatable bonds is 9. The Hall–Kier alpha value is -3.51. The van der Waals surface area contributed by atoms with E-state index in [-0.39, 0.29) is 15.1 Å². The van der Waals surface area contributed by atoms with Gasteiger partial charge in [-0.1, -0.05) is 5.16 Å². The Morgan fingerprint density at radius 1 is 1.40 bits per heavy atom. The number of ether oxygens (including phenoxy) is 1. The third-order valence-corrected chi connectivity index (χ3v) is 5.05. The quantitative estimate of drug-likeness (QED) is 0.106. The number of primary amides is 1. The van der Waals surface area contributed by atoms with E-state index in [0.29, 0.717) is 0 Å². The number of anilines is 1. The van der Waals surface area contributed by atoms with Gasteiger partial charge >= 0.3 is 22.4 Å². The summed E-state index contributed by atoms with van der Waals surface area (Å²) < 4.78 is 36.2. The van der Waals surface area contributed by atoms with Crippen LogP contribution in [0.2, 0.25) is 0 Å². The average molecular weight is 466 g/mol. The molecule has 7 N–H and O–H groups in total. The summed E-state index contributed by atoms with van der Waals surface area (Å²) in [4.78, 5) is 54.3.